The lowest BCUT2D eigenvalue weighted by atomic mass is 9.94. The summed E-state index contributed by atoms with van der Waals surface area (Å²) >= 11 is 1.67. The minimum atomic E-state index is -0.939. The number of hydrogen-bond donors (Lipinski definition) is 1. The molecular weight excluding hydrogens is 220 g/mol. The Balaban J connectivity index is 2.31. The second-order valence-corrected chi connectivity index (χ2v) is 5.21. The molecule has 0 saturated carbocycles. The lowest BCUT2D eigenvalue weighted by Gasteiger charge is -2.19. The molecule has 1 aromatic carbocycles. The van der Waals surface area contributed by atoms with E-state index in [4.69, 9.17) is 0 Å². The highest BCUT2D eigenvalue weighted by Crippen LogP contribution is 2.29. The third kappa shape index (κ3) is 2.31. The predicted octanol–water partition coefficient (Wildman–Crippen LogP) is 2.78. The molecule has 0 spiro atoms. The molecule has 1 atom stereocenters. The van der Waals surface area contributed by atoms with Crippen molar-refractivity contribution in [3.63, 3.8) is 0 Å². The van der Waals surface area contributed by atoms with E-state index in [9.17, 15) is 9.90 Å². The topological polar surface area (TPSA) is 37.3 Å². The van der Waals surface area contributed by atoms with Gasteiger partial charge in [0.1, 0.15) is 6.29 Å². The summed E-state index contributed by atoms with van der Waals surface area (Å²) in [5, 5.41) is 13.3. The maximum atomic E-state index is 10.5. The molecule has 0 saturated heterocycles. The first-order valence-corrected chi connectivity index (χ1v) is 6.11. The summed E-state index contributed by atoms with van der Waals surface area (Å²) in [6, 6.07) is 8.12. The van der Waals surface area contributed by atoms with Crippen molar-refractivity contribution >= 4 is 27.7 Å². The van der Waals surface area contributed by atoms with Crippen LogP contribution < -0.4 is 0 Å². The molecule has 0 fully saturated rings. The van der Waals surface area contributed by atoms with Crippen LogP contribution in [0, 0.1) is 0 Å². The Bertz CT molecular complexity index is 499. The molecule has 0 aliphatic carbocycles. The molecular formula is C13H14O2S. The van der Waals surface area contributed by atoms with E-state index in [2.05, 4.69) is 17.5 Å². The lowest BCUT2D eigenvalue weighted by Crippen LogP contribution is -2.27. The zero-order valence-electron chi connectivity index (χ0n) is 9.14. The van der Waals surface area contributed by atoms with Crippen LogP contribution in [0.2, 0.25) is 0 Å². The fourth-order valence-electron chi connectivity index (χ4n) is 1.83. The quantitative estimate of drug-likeness (QED) is 0.826. The van der Waals surface area contributed by atoms with Crippen LogP contribution in [0.4, 0.5) is 0 Å². The molecule has 3 heteroatoms. The summed E-state index contributed by atoms with van der Waals surface area (Å²) < 4.78 is 1.22. The van der Waals surface area contributed by atoms with Gasteiger partial charge in [0.15, 0.2) is 0 Å². The summed E-state index contributed by atoms with van der Waals surface area (Å²) in [6.07, 6.45) is 1.47. The molecule has 2 nitrogen and oxygen atoms in total. The molecule has 1 heterocycles. The van der Waals surface area contributed by atoms with Gasteiger partial charge in [-0.3, -0.25) is 0 Å². The molecule has 0 amide bonds. The van der Waals surface area contributed by atoms with E-state index in [1.54, 1.807) is 18.3 Å². The monoisotopic (exact) mass is 234 g/mol. The Hall–Kier alpha value is -1.19. The number of thiophene rings is 1. The van der Waals surface area contributed by atoms with Crippen LogP contribution >= 0.6 is 11.3 Å². The average molecular weight is 234 g/mol. The predicted molar refractivity (Wildman–Crippen MR) is 66.8 cm³/mol. The van der Waals surface area contributed by atoms with Gasteiger partial charge in [0.25, 0.3) is 0 Å². The van der Waals surface area contributed by atoms with Gasteiger partial charge < -0.3 is 9.90 Å². The fourth-order valence-corrected chi connectivity index (χ4v) is 2.79. The zero-order valence-corrected chi connectivity index (χ0v) is 9.96. The second-order valence-electron chi connectivity index (χ2n) is 4.30. The first-order chi connectivity index (χ1) is 7.62. The van der Waals surface area contributed by atoms with Gasteiger partial charge in [0.05, 0.1) is 5.60 Å². The average Bonchev–Trinajstić information content (AvgIpc) is 2.61. The van der Waals surface area contributed by atoms with Crippen LogP contribution in [-0.4, -0.2) is 17.0 Å². The summed E-state index contributed by atoms with van der Waals surface area (Å²) in [7, 11) is 0. The van der Waals surface area contributed by atoms with Crippen molar-refractivity contribution in [2.75, 3.05) is 0 Å². The summed E-state index contributed by atoms with van der Waals surface area (Å²) in [6.45, 7) is 1.70. The standard InChI is InChI=1S/C13H14O2S/c1-13(15,6-7-14)8-10-9-16-12-5-3-2-4-11(10)12/h2-5,7,9,15H,6,8H2,1H3. The Morgan fingerprint density at radius 2 is 2.19 bits per heavy atom. The number of benzene rings is 1. The van der Waals surface area contributed by atoms with Gasteiger partial charge >= 0.3 is 0 Å². The molecule has 0 bridgehead atoms. The number of carbonyl (C=O) groups excluding carboxylic acids is 1. The molecule has 84 valence electrons. The van der Waals surface area contributed by atoms with E-state index < -0.39 is 5.60 Å². The number of aldehydes is 1. The molecule has 1 unspecified atom stereocenters. The van der Waals surface area contributed by atoms with Crippen LogP contribution in [0.3, 0.4) is 0 Å². The first-order valence-electron chi connectivity index (χ1n) is 5.23. The van der Waals surface area contributed by atoms with Crippen molar-refractivity contribution in [1.82, 2.24) is 0 Å². The largest absolute Gasteiger partial charge is 0.389 e. The minimum Gasteiger partial charge on any atom is -0.389 e. The van der Waals surface area contributed by atoms with Crippen LogP contribution in [0.15, 0.2) is 29.6 Å². The van der Waals surface area contributed by atoms with Crippen molar-refractivity contribution < 1.29 is 9.90 Å². The first kappa shape index (κ1) is 11.3. The third-order valence-electron chi connectivity index (χ3n) is 2.66. The second kappa shape index (κ2) is 4.36. The van der Waals surface area contributed by atoms with Gasteiger partial charge in [0, 0.05) is 17.5 Å². The van der Waals surface area contributed by atoms with Gasteiger partial charge in [-0.25, -0.2) is 0 Å². The molecule has 0 aliphatic heterocycles. The van der Waals surface area contributed by atoms with Gasteiger partial charge in [-0.05, 0) is 29.3 Å². The molecule has 2 aromatic rings. The normalized spacial score (nSPS) is 14.9. The van der Waals surface area contributed by atoms with E-state index >= 15 is 0 Å². The number of aliphatic hydroxyl groups is 1. The van der Waals surface area contributed by atoms with Crippen LogP contribution in [0.25, 0.3) is 10.1 Å². The summed E-state index contributed by atoms with van der Waals surface area (Å²) in [5.74, 6) is 0. The molecule has 0 radical (unpaired) electrons. The smallest absolute Gasteiger partial charge is 0.122 e. The van der Waals surface area contributed by atoms with Crippen molar-refractivity contribution in [2.45, 2.75) is 25.4 Å². The van der Waals surface area contributed by atoms with Gasteiger partial charge in [-0.15, -0.1) is 11.3 Å². The van der Waals surface area contributed by atoms with Gasteiger partial charge in [-0.2, -0.15) is 0 Å². The van der Waals surface area contributed by atoms with Crippen LogP contribution in [0.1, 0.15) is 18.9 Å². The Kier molecular flexibility index (Phi) is 3.08. The molecule has 1 aromatic heterocycles. The lowest BCUT2D eigenvalue weighted by molar-refractivity contribution is -0.111. The summed E-state index contributed by atoms with van der Waals surface area (Å²) in [4.78, 5) is 10.5. The SMILES string of the molecule is CC(O)(CC=O)Cc1csc2ccccc12. The van der Waals surface area contributed by atoms with Crippen molar-refractivity contribution in [2.24, 2.45) is 0 Å². The van der Waals surface area contributed by atoms with Gasteiger partial charge in [0.2, 0.25) is 0 Å². The van der Waals surface area contributed by atoms with E-state index in [0.29, 0.717) is 6.42 Å². The zero-order chi connectivity index (χ0) is 11.6. The molecule has 2 rings (SSSR count). The fraction of sp³-hybridized carbons (Fsp3) is 0.308. The van der Waals surface area contributed by atoms with Crippen LogP contribution in [-0.2, 0) is 11.2 Å². The molecule has 0 aliphatic rings. The Morgan fingerprint density at radius 3 is 2.94 bits per heavy atom. The van der Waals surface area contributed by atoms with Gasteiger partial charge in [-0.1, -0.05) is 18.2 Å². The highest BCUT2D eigenvalue weighted by Gasteiger charge is 2.21. The molecule has 1 N–H and O–H groups in total. The van der Waals surface area contributed by atoms with E-state index in [1.165, 1.54) is 10.1 Å². The number of hydrogen-bond acceptors (Lipinski definition) is 3. The van der Waals surface area contributed by atoms with Crippen LogP contribution in [0.5, 0.6) is 0 Å². The van der Waals surface area contributed by atoms with E-state index in [1.807, 2.05) is 12.1 Å². The highest BCUT2D eigenvalue weighted by molar-refractivity contribution is 7.17. The van der Waals surface area contributed by atoms with E-state index in [0.717, 1.165) is 11.8 Å². The Morgan fingerprint density at radius 1 is 1.44 bits per heavy atom. The van der Waals surface area contributed by atoms with E-state index in [-0.39, 0.29) is 6.42 Å². The maximum Gasteiger partial charge on any atom is 0.122 e. The van der Waals surface area contributed by atoms with Crippen molar-refractivity contribution in [3.8, 4) is 0 Å². The number of fused-ring (bicyclic) bond motifs is 1. The molecule has 16 heavy (non-hydrogen) atoms. The maximum absolute atomic E-state index is 10.5. The minimum absolute atomic E-state index is 0.178. The highest BCUT2D eigenvalue weighted by atomic mass is 32.1. The Labute approximate surface area is 98.5 Å². The van der Waals surface area contributed by atoms with Crippen molar-refractivity contribution in [1.29, 1.82) is 0 Å². The number of rotatable bonds is 4. The third-order valence-corrected chi connectivity index (χ3v) is 3.67. The van der Waals surface area contributed by atoms with Crippen molar-refractivity contribution in [3.05, 3.63) is 35.2 Å². The summed E-state index contributed by atoms with van der Waals surface area (Å²) in [5.41, 5.74) is 0.179. The number of carbonyl (C=O) groups is 1.